The lowest BCUT2D eigenvalue weighted by Gasteiger charge is -2.46. The molecule has 3 atom stereocenters. The molecule has 1 saturated carbocycles. The summed E-state index contributed by atoms with van der Waals surface area (Å²) in [5.74, 6) is 2.93. The number of nitrogens with two attached hydrogens (primary N) is 1. The average Bonchev–Trinajstić information content (AvgIpc) is 2.37. The summed E-state index contributed by atoms with van der Waals surface area (Å²) in [5.41, 5.74) is 8.10. The standard InChI is InChI=1S/C18H29NO/c1-13(2)17-9-8-14(3)11-18(17,19)12-15-6-5-7-16(10-15)20-4/h5-7,10,13-14,17H,8-9,11-12,19H2,1-4H3. The molecule has 1 aromatic carbocycles. The molecule has 112 valence electrons. The number of ether oxygens (including phenoxy) is 1. The third-order valence-corrected chi connectivity index (χ3v) is 4.91. The molecule has 20 heavy (non-hydrogen) atoms. The Morgan fingerprint density at radius 1 is 1.35 bits per heavy atom. The molecule has 0 saturated heterocycles. The Balaban J connectivity index is 2.21. The molecule has 0 aromatic heterocycles. The van der Waals surface area contributed by atoms with Crippen LogP contribution in [0.4, 0.5) is 0 Å². The molecular formula is C18H29NO. The molecule has 0 spiro atoms. The number of hydrogen-bond donors (Lipinski definition) is 1. The second-order valence-corrected chi connectivity index (χ2v) is 7.00. The van der Waals surface area contributed by atoms with Crippen molar-refractivity contribution in [2.75, 3.05) is 7.11 Å². The summed E-state index contributed by atoms with van der Waals surface area (Å²) in [6.07, 6.45) is 4.67. The van der Waals surface area contributed by atoms with Gasteiger partial charge in [-0.3, -0.25) is 0 Å². The lowest BCUT2D eigenvalue weighted by molar-refractivity contribution is 0.109. The largest absolute Gasteiger partial charge is 0.497 e. The second-order valence-electron chi connectivity index (χ2n) is 7.00. The van der Waals surface area contributed by atoms with Gasteiger partial charge in [-0.2, -0.15) is 0 Å². The minimum absolute atomic E-state index is 0.0712. The smallest absolute Gasteiger partial charge is 0.119 e. The zero-order chi connectivity index (χ0) is 14.8. The summed E-state index contributed by atoms with van der Waals surface area (Å²) >= 11 is 0. The highest BCUT2D eigenvalue weighted by molar-refractivity contribution is 5.30. The molecule has 0 heterocycles. The van der Waals surface area contributed by atoms with E-state index in [1.54, 1.807) is 7.11 Å². The SMILES string of the molecule is COc1cccc(CC2(N)CC(C)CCC2C(C)C)c1. The molecule has 0 aliphatic heterocycles. The summed E-state index contributed by atoms with van der Waals surface area (Å²) in [6.45, 7) is 6.96. The van der Waals surface area contributed by atoms with E-state index in [4.69, 9.17) is 10.5 Å². The van der Waals surface area contributed by atoms with Crippen molar-refractivity contribution in [2.45, 2.75) is 52.0 Å². The third-order valence-electron chi connectivity index (χ3n) is 4.91. The lowest BCUT2D eigenvalue weighted by Crippen LogP contribution is -2.54. The minimum Gasteiger partial charge on any atom is -0.497 e. The predicted octanol–water partition coefficient (Wildman–Crippen LogP) is 4.03. The number of methoxy groups -OCH3 is 1. The fourth-order valence-electron chi connectivity index (χ4n) is 4.02. The van der Waals surface area contributed by atoms with Gasteiger partial charge in [-0.15, -0.1) is 0 Å². The van der Waals surface area contributed by atoms with Gasteiger partial charge in [0.05, 0.1) is 7.11 Å². The van der Waals surface area contributed by atoms with Crippen molar-refractivity contribution in [2.24, 2.45) is 23.5 Å². The van der Waals surface area contributed by atoms with Crippen molar-refractivity contribution in [1.82, 2.24) is 0 Å². The second kappa shape index (κ2) is 6.17. The Bertz CT molecular complexity index is 443. The lowest BCUT2D eigenvalue weighted by atomic mass is 9.63. The predicted molar refractivity (Wildman–Crippen MR) is 85.0 cm³/mol. The first kappa shape index (κ1) is 15.4. The van der Waals surface area contributed by atoms with Crippen LogP contribution in [-0.2, 0) is 6.42 Å². The maximum atomic E-state index is 6.88. The molecule has 2 heteroatoms. The van der Waals surface area contributed by atoms with E-state index in [9.17, 15) is 0 Å². The van der Waals surface area contributed by atoms with Crippen LogP contribution in [-0.4, -0.2) is 12.6 Å². The van der Waals surface area contributed by atoms with E-state index >= 15 is 0 Å². The van der Waals surface area contributed by atoms with Crippen molar-refractivity contribution in [3.05, 3.63) is 29.8 Å². The molecule has 1 fully saturated rings. The maximum absolute atomic E-state index is 6.88. The Morgan fingerprint density at radius 2 is 2.10 bits per heavy atom. The van der Waals surface area contributed by atoms with E-state index in [0.717, 1.165) is 24.5 Å². The fourth-order valence-corrected chi connectivity index (χ4v) is 4.02. The summed E-state index contributed by atoms with van der Waals surface area (Å²) < 4.78 is 5.33. The van der Waals surface area contributed by atoms with E-state index in [-0.39, 0.29) is 5.54 Å². The van der Waals surface area contributed by atoms with E-state index in [0.29, 0.717) is 11.8 Å². The van der Waals surface area contributed by atoms with Crippen molar-refractivity contribution >= 4 is 0 Å². The Kier molecular flexibility index (Phi) is 4.74. The normalized spacial score (nSPS) is 30.5. The number of hydrogen-bond acceptors (Lipinski definition) is 2. The molecule has 0 bridgehead atoms. The highest BCUT2D eigenvalue weighted by atomic mass is 16.5. The average molecular weight is 275 g/mol. The maximum Gasteiger partial charge on any atom is 0.119 e. The number of rotatable bonds is 4. The van der Waals surface area contributed by atoms with Gasteiger partial charge in [0, 0.05) is 5.54 Å². The molecule has 0 amide bonds. The van der Waals surface area contributed by atoms with Crippen LogP contribution >= 0.6 is 0 Å². The van der Waals surface area contributed by atoms with E-state index in [1.165, 1.54) is 18.4 Å². The van der Waals surface area contributed by atoms with Gasteiger partial charge in [0.1, 0.15) is 5.75 Å². The van der Waals surface area contributed by atoms with E-state index in [1.807, 2.05) is 6.07 Å². The zero-order valence-electron chi connectivity index (χ0n) is 13.4. The molecule has 1 aromatic rings. The summed E-state index contributed by atoms with van der Waals surface area (Å²) in [4.78, 5) is 0. The van der Waals surface area contributed by atoms with Crippen LogP contribution < -0.4 is 10.5 Å². The minimum atomic E-state index is -0.0712. The molecule has 2 nitrogen and oxygen atoms in total. The topological polar surface area (TPSA) is 35.2 Å². The molecular weight excluding hydrogens is 246 g/mol. The Labute approximate surface area is 123 Å². The first-order valence-electron chi connectivity index (χ1n) is 7.86. The van der Waals surface area contributed by atoms with Crippen LogP contribution in [0.1, 0.15) is 45.6 Å². The van der Waals surface area contributed by atoms with Crippen molar-refractivity contribution in [3.63, 3.8) is 0 Å². The Morgan fingerprint density at radius 3 is 2.75 bits per heavy atom. The van der Waals surface area contributed by atoms with Crippen LogP contribution in [0, 0.1) is 17.8 Å². The zero-order valence-corrected chi connectivity index (χ0v) is 13.4. The van der Waals surface area contributed by atoms with Crippen LogP contribution in [0.3, 0.4) is 0 Å². The molecule has 3 unspecified atom stereocenters. The van der Waals surface area contributed by atoms with Crippen molar-refractivity contribution in [1.29, 1.82) is 0 Å². The summed E-state index contributed by atoms with van der Waals surface area (Å²) in [5, 5.41) is 0. The monoisotopic (exact) mass is 275 g/mol. The van der Waals surface area contributed by atoms with Gasteiger partial charge in [0.15, 0.2) is 0 Å². The fraction of sp³-hybridized carbons (Fsp3) is 0.667. The van der Waals surface area contributed by atoms with Crippen molar-refractivity contribution < 1.29 is 4.74 Å². The summed E-state index contributed by atoms with van der Waals surface area (Å²) in [6, 6.07) is 8.36. The molecule has 1 aliphatic rings. The first-order valence-corrected chi connectivity index (χ1v) is 7.86. The molecule has 2 N–H and O–H groups in total. The van der Waals surface area contributed by atoms with Crippen LogP contribution in [0.15, 0.2) is 24.3 Å². The number of benzene rings is 1. The summed E-state index contributed by atoms with van der Waals surface area (Å²) in [7, 11) is 1.72. The van der Waals surface area contributed by atoms with Gasteiger partial charge in [-0.1, -0.05) is 39.3 Å². The van der Waals surface area contributed by atoms with Gasteiger partial charge < -0.3 is 10.5 Å². The molecule has 0 radical (unpaired) electrons. The van der Waals surface area contributed by atoms with E-state index in [2.05, 4.69) is 39.0 Å². The van der Waals surface area contributed by atoms with Crippen LogP contribution in [0.5, 0.6) is 5.75 Å². The van der Waals surface area contributed by atoms with Crippen molar-refractivity contribution in [3.8, 4) is 5.75 Å². The quantitative estimate of drug-likeness (QED) is 0.900. The third kappa shape index (κ3) is 3.35. The van der Waals surface area contributed by atoms with Gasteiger partial charge in [0.25, 0.3) is 0 Å². The van der Waals surface area contributed by atoms with Gasteiger partial charge in [-0.25, -0.2) is 0 Å². The molecule has 1 aliphatic carbocycles. The van der Waals surface area contributed by atoms with Crippen LogP contribution in [0.2, 0.25) is 0 Å². The van der Waals surface area contributed by atoms with Gasteiger partial charge in [0.2, 0.25) is 0 Å². The first-order chi connectivity index (χ1) is 9.44. The Hall–Kier alpha value is -1.02. The van der Waals surface area contributed by atoms with Gasteiger partial charge >= 0.3 is 0 Å². The van der Waals surface area contributed by atoms with E-state index < -0.39 is 0 Å². The highest BCUT2D eigenvalue weighted by Gasteiger charge is 2.41. The molecule has 2 rings (SSSR count). The van der Waals surface area contributed by atoms with Crippen LogP contribution in [0.25, 0.3) is 0 Å². The van der Waals surface area contributed by atoms with Gasteiger partial charge in [-0.05, 0) is 54.7 Å². The highest BCUT2D eigenvalue weighted by Crippen LogP contribution is 2.41.